The van der Waals surface area contributed by atoms with Crippen LogP contribution in [0.3, 0.4) is 0 Å². The van der Waals surface area contributed by atoms with Gasteiger partial charge in [0.1, 0.15) is 5.82 Å². The van der Waals surface area contributed by atoms with Crippen LogP contribution in [0.25, 0.3) is 0 Å². The lowest BCUT2D eigenvalue weighted by Gasteiger charge is -2.20. The molecule has 82 valence electrons. The molecule has 1 aliphatic rings. The Balaban J connectivity index is 1.93. The summed E-state index contributed by atoms with van der Waals surface area (Å²) in [5, 5.41) is 12.2. The van der Waals surface area contributed by atoms with Gasteiger partial charge in [0.05, 0.1) is 0 Å². The third-order valence-corrected chi connectivity index (χ3v) is 4.06. The van der Waals surface area contributed by atoms with E-state index in [1.54, 1.807) is 6.20 Å². The van der Waals surface area contributed by atoms with Crippen LogP contribution in [0.2, 0.25) is 0 Å². The van der Waals surface area contributed by atoms with Crippen LogP contribution < -0.4 is 5.32 Å². The third-order valence-electron chi connectivity index (χ3n) is 2.74. The van der Waals surface area contributed by atoms with E-state index in [2.05, 4.69) is 34.2 Å². The number of anilines is 1. The molecule has 1 aromatic heterocycles. The second kappa shape index (κ2) is 5.35. The van der Waals surface area contributed by atoms with Crippen LogP contribution in [0, 0.1) is 0 Å². The summed E-state index contributed by atoms with van der Waals surface area (Å²) in [5.41, 5.74) is 0. The topological polar surface area (TPSA) is 37.8 Å². The monoisotopic (exact) mass is 223 g/mol. The standard InChI is InChI=1S/C11H17N3S/c1-2-15-10-6-3-5-9(10)13-11-7-4-8-12-14-11/h4,7-10H,2-3,5-6H2,1H3,(H,13,14). The molecule has 1 N–H and O–H groups in total. The highest BCUT2D eigenvalue weighted by molar-refractivity contribution is 7.99. The molecule has 2 atom stereocenters. The van der Waals surface area contributed by atoms with Gasteiger partial charge >= 0.3 is 0 Å². The van der Waals surface area contributed by atoms with Crippen molar-refractivity contribution < 1.29 is 0 Å². The van der Waals surface area contributed by atoms with Crippen LogP contribution in [0.1, 0.15) is 26.2 Å². The van der Waals surface area contributed by atoms with Gasteiger partial charge in [0.25, 0.3) is 0 Å². The van der Waals surface area contributed by atoms with Gasteiger partial charge in [-0.15, -0.1) is 5.10 Å². The highest BCUT2D eigenvalue weighted by Gasteiger charge is 2.27. The molecule has 3 nitrogen and oxygen atoms in total. The predicted octanol–water partition coefficient (Wildman–Crippen LogP) is 2.56. The minimum atomic E-state index is 0.576. The quantitative estimate of drug-likeness (QED) is 0.851. The average Bonchev–Trinajstić information content (AvgIpc) is 2.68. The minimum absolute atomic E-state index is 0.576. The summed E-state index contributed by atoms with van der Waals surface area (Å²) in [6.07, 6.45) is 5.62. The Kier molecular flexibility index (Phi) is 3.83. The minimum Gasteiger partial charge on any atom is -0.365 e. The number of hydrogen-bond acceptors (Lipinski definition) is 4. The number of nitrogens with one attached hydrogen (secondary N) is 1. The van der Waals surface area contributed by atoms with E-state index in [0.29, 0.717) is 6.04 Å². The maximum absolute atomic E-state index is 4.07. The van der Waals surface area contributed by atoms with Crippen LogP contribution in [-0.2, 0) is 0 Å². The van der Waals surface area contributed by atoms with Crippen LogP contribution >= 0.6 is 11.8 Å². The third kappa shape index (κ3) is 2.84. The number of thioether (sulfide) groups is 1. The van der Waals surface area contributed by atoms with E-state index in [1.807, 2.05) is 12.1 Å². The van der Waals surface area contributed by atoms with Crippen molar-refractivity contribution in [1.82, 2.24) is 10.2 Å². The zero-order chi connectivity index (χ0) is 10.5. The lowest BCUT2D eigenvalue weighted by atomic mass is 10.2. The molecule has 1 fully saturated rings. The Labute approximate surface area is 95.1 Å². The van der Waals surface area contributed by atoms with Gasteiger partial charge < -0.3 is 5.32 Å². The number of aromatic nitrogens is 2. The lowest BCUT2D eigenvalue weighted by Crippen LogP contribution is -2.26. The highest BCUT2D eigenvalue weighted by Crippen LogP contribution is 2.31. The molecule has 2 rings (SSSR count). The van der Waals surface area contributed by atoms with E-state index in [-0.39, 0.29) is 0 Å². The molecule has 0 bridgehead atoms. The predicted molar refractivity (Wildman–Crippen MR) is 65.2 cm³/mol. The van der Waals surface area contributed by atoms with Crippen LogP contribution in [0.4, 0.5) is 5.82 Å². The molecule has 4 heteroatoms. The molecular weight excluding hydrogens is 206 g/mol. The maximum atomic E-state index is 4.07. The summed E-state index contributed by atoms with van der Waals surface area (Å²) in [6, 6.07) is 4.48. The molecule has 0 saturated heterocycles. The van der Waals surface area contributed by atoms with Gasteiger partial charge in [0.2, 0.25) is 0 Å². The normalized spacial score (nSPS) is 25.4. The van der Waals surface area contributed by atoms with Crippen molar-refractivity contribution in [3.63, 3.8) is 0 Å². The van der Waals surface area contributed by atoms with Gasteiger partial charge in [-0.2, -0.15) is 16.9 Å². The fourth-order valence-electron chi connectivity index (χ4n) is 2.07. The Morgan fingerprint density at radius 3 is 3.20 bits per heavy atom. The average molecular weight is 223 g/mol. The zero-order valence-corrected chi connectivity index (χ0v) is 9.83. The van der Waals surface area contributed by atoms with Crippen LogP contribution in [-0.4, -0.2) is 27.2 Å². The van der Waals surface area contributed by atoms with Crippen molar-refractivity contribution in [3.05, 3.63) is 18.3 Å². The lowest BCUT2D eigenvalue weighted by molar-refractivity contribution is 0.758. The number of nitrogens with zero attached hydrogens (tertiary/aromatic N) is 2. The summed E-state index contributed by atoms with van der Waals surface area (Å²) in [7, 11) is 0. The summed E-state index contributed by atoms with van der Waals surface area (Å²) in [4.78, 5) is 0. The Hall–Kier alpha value is -0.770. The van der Waals surface area contributed by atoms with Crippen molar-refractivity contribution in [3.8, 4) is 0 Å². The van der Waals surface area contributed by atoms with Crippen LogP contribution in [0.5, 0.6) is 0 Å². The molecule has 0 radical (unpaired) electrons. The largest absolute Gasteiger partial charge is 0.365 e. The molecule has 2 unspecified atom stereocenters. The molecule has 1 aromatic rings. The Morgan fingerprint density at radius 1 is 1.53 bits per heavy atom. The SMILES string of the molecule is CCSC1CCCC1Nc1cccnn1. The Bertz CT molecular complexity index is 291. The van der Waals surface area contributed by atoms with E-state index in [0.717, 1.165) is 11.1 Å². The molecule has 1 saturated carbocycles. The second-order valence-corrected chi connectivity index (χ2v) is 5.30. The van der Waals surface area contributed by atoms with Crippen molar-refractivity contribution in [2.75, 3.05) is 11.1 Å². The van der Waals surface area contributed by atoms with Gasteiger partial charge in [-0.1, -0.05) is 13.3 Å². The van der Waals surface area contributed by atoms with Gasteiger partial charge in [-0.3, -0.25) is 0 Å². The molecule has 0 amide bonds. The van der Waals surface area contributed by atoms with E-state index < -0.39 is 0 Å². The first-order chi connectivity index (χ1) is 7.40. The number of rotatable bonds is 4. The van der Waals surface area contributed by atoms with Crippen molar-refractivity contribution in [2.24, 2.45) is 0 Å². The maximum Gasteiger partial charge on any atom is 0.148 e. The second-order valence-electron chi connectivity index (χ2n) is 3.78. The highest BCUT2D eigenvalue weighted by atomic mass is 32.2. The molecule has 0 spiro atoms. The summed E-state index contributed by atoms with van der Waals surface area (Å²) in [5.74, 6) is 2.11. The fraction of sp³-hybridized carbons (Fsp3) is 0.636. The molecule has 1 aliphatic carbocycles. The van der Waals surface area contributed by atoms with E-state index in [9.17, 15) is 0 Å². The van der Waals surface area contributed by atoms with Crippen LogP contribution in [0.15, 0.2) is 18.3 Å². The summed E-state index contributed by atoms with van der Waals surface area (Å²) >= 11 is 2.06. The van der Waals surface area contributed by atoms with Crippen molar-refractivity contribution >= 4 is 17.6 Å². The van der Waals surface area contributed by atoms with Gasteiger partial charge in [-0.05, 0) is 30.7 Å². The molecule has 1 heterocycles. The first-order valence-corrected chi connectivity index (χ1v) is 6.61. The van der Waals surface area contributed by atoms with Gasteiger partial charge in [0, 0.05) is 17.5 Å². The zero-order valence-electron chi connectivity index (χ0n) is 9.02. The summed E-state index contributed by atoms with van der Waals surface area (Å²) in [6.45, 7) is 2.22. The molecule has 0 aromatic carbocycles. The van der Waals surface area contributed by atoms with Crippen molar-refractivity contribution in [1.29, 1.82) is 0 Å². The smallest absolute Gasteiger partial charge is 0.148 e. The van der Waals surface area contributed by atoms with Crippen molar-refractivity contribution in [2.45, 2.75) is 37.5 Å². The molecule has 15 heavy (non-hydrogen) atoms. The first-order valence-electron chi connectivity index (χ1n) is 5.56. The number of hydrogen-bond donors (Lipinski definition) is 1. The van der Waals surface area contributed by atoms with E-state index in [1.165, 1.54) is 25.0 Å². The molecule has 0 aliphatic heterocycles. The van der Waals surface area contributed by atoms with E-state index >= 15 is 0 Å². The molecular formula is C11H17N3S. The fourth-order valence-corrected chi connectivity index (χ4v) is 3.27. The first kappa shape index (κ1) is 10.7. The summed E-state index contributed by atoms with van der Waals surface area (Å²) < 4.78 is 0. The Morgan fingerprint density at radius 2 is 2.47 bits per heavy atom. The van der Waals surface area contributed by atoms with E-state index in [4.69, 9.17) is 0 Å². The van der Waals surface area contributed by atoms with Gasteiger partial charge in [-0.25, -0.2) is 0 Å². The van der Waals surface area contributed by atoms with Gasteiger partial charge in [0.15, 0.2) is 0 Å².